The van der Waals surface area contributed by atoms with E-state index in [9.17, 15) is 4.79 Å². The highest BCUT2D eigenvalue weighted by Crippen LogP contribution is 2.24. The van der Waals surface area contributed by atoms with E-state index in [0.717, 1.165) is 17.7 Å². The van der Waals surface area contributed by atoms with Crippen molar-refractivity contribution in [1.82, 2.24) is 10.3 Å². The Morgan fingerprint density at radius 1 is 1.33 bits per heavy atom. The number of nitrogens with zero attached hydrogens (tertiary/aromatic N) is 1. The normalized spacial score (nSPS) is 10.1. The Balaban J connectivity index is 2.00. The van der Waals surface area contributed by atoms with E-state index in [-0.39, 0.29) is 6.03 Å². The predicted octanol–water partition coefficient (Wildman–Crippen LogP) is 3.34. The fourth-order valence-electron chi connectivity index (χ4n) is 1.45. The zero-order chi connectivity index (χ0) is 12.8. The monoisotopic (exact) mass is 261 g/mol. The van der Waals surface area contributed by atoms with Crippen LogP contribution < -0.4 is 10.6 Å². The molecule has 0 saturated heterocycles. The highest BCUT2D eigenvalue weighted by atomic mass is 32.1. The van der Waals surface area contributed by atoms with Crippen molar-refractivity contribution in [1.29, 1.82) is 0 Å². The van der Waals surface area contributed by atoms with Crippen LogP contribution in [0, 0.1) is 0 Å². The predicted molar refractivity (Wildman–Crippen MR) is 74.9 cm³/mol. The molecule has 2 aromatic rings. The highest BCUT2D eigenvalue weighted by Gasteiger charge is 2.06. The Bertz CT molecular complexity index is 510. The molecule has 0 aliphatic carbocycles. The summed E-state index contributed by atoms with van der Waals surface area (Å²) < 4.78 is 0. The van der Waals surface area contributed by atoms with E-state index in [1.807, 2.05) is 42.6 Å². The molecule has 0 fully saturated rings. The molecule has 1 aromatic carbocycles. The van der Waals surface area contributed by atoms with Crippen LogP contribution >= 0.6 is 11.3 Å². The summed E-state index contributed by atoms with van der Waals surface area (Å²) in [7, 11) is 0. The van der Waals surface area contributed by atoms with Gasteiger partial charge in [0.05, 0.1) is 5.69 Å². The third-order valence-electron chi connectivity index (χ3n) is 2.33. The molecule has 0 radical (unpaired) electrons. The van der Waals surface area contributed by atoms with Gasteiger partial charge < -0.3 is 5.32 Å². The molecule has 0 bridgehead atoms. The van der Waals surface area contributed by atoms with Crippen molar-refractivity contribution in [3.8, 4) is 11.3 Å². The molecule has 0 aliphatic heterocycles. The number of anilines is 1. The molecule has 0 atom stereocenters. The van der Waals surface area contributed by atoms with Gasteiger partial charge in [-0.3, -0.25) is 5.32 Å². The van der Waals surface area contributed by atoms with Crippen LogP contribution in [0.3, 0.4) is 0 Å². The third-order valence-corrected chi connectivity index (χ3v) is 3.09. The Kier molecular flexibility index (Phi) is 4.30. The Morgan fingerprint density at radius 3 is 2.83 bits per heavy atom. The first kappa shape index (κ1) is 12.6. The van der Waals surface area contributed by atoms with Gasteiger partial charge in [-0.2, -0.15) is 0 Å². The van der Waals surface area contributed by atoms with Crippen LogP contribution in [-0.4, -0.2) is 17.6 Å². The molecule has 2 amide bonds. The summed E-state index contributed by atoms with van der Waals surface area (Å²) in [5, 5.41) is 8.02. The van der Waals surface area contributed by atoms with Crippen LogP contribution in [0.1, 0.15) is 13.3 Å². The molecule has 94 valence electrons. The maximum absolute atomic E-state index is 11.5. The summed E-state index contributed by atoms with van der Waals surface area (Å²) in [6, 6.07) is 9.69. The third kappa shape index (κ3) is 3.30. The minimum absolute atomic E-state index is 0.203. The van der Waals surface area contributed by atoms with Crippen molar-refractivity contribution in [3.63, 3.8) is 0 Å². The molecule has 1 heterocycles. The zero-order valence-corrected chi connectivity index (χ0v) is 11.0. The average molecular weight is 261 g/mol. The summed E-state index contributed by atoms with van der Waals surface area (Å²) in [5.74, 6) is 0. The summed E-state index contributed by atoms with van der Waals surface area (Å²) in [4.78, 5) is 15.8. The van der Waals surface area contributed by atoms with E-state index < -0.39 is 0 Å². The number of rotatable bonds is 4. The van der Waals surface area contributed by atoms with Crippen molar-refractivity contribution in [2.75, 3.05) is 11.9 Å². The molecule has 0 spiro atoms. The molecule has 5 heteroatoms. The fraction of sp³-hybridized carbons (Fsp3) is 0.231. The minimum Gasteiger partial charge on any atom is -0.338 e. The lowest BCUT2D eigenvalue weighted by molar-refractivity contribution is 0.252. The molecule has 2 N–H and O–H groups in total. The first-order valence-electron chi connectivity index (χ1n) is 5.85. The number of amides is 2. The van der Waals surface area contributed by atoms with Gasteiger partial charge in [0.25, 0.3) is 0 Å². The number of nitrogens with one attached hydrogen (secondary N) is 2. The van der Waals surface area contributed by atoms with Crippen molar-refractivity contribution >= 4 is 22.5 Å². The maximum atomic E-state index is 11.5. The molecule has 1 aromatic heterocycles. The molecular formula is C13H15N3OS. The van der Waals surface area contributed by atoms with Crippen molar-refractivity contribution in [2.45, 2.75) is 13.3 Å². The zero-order valence-electron chi connectivity index (χ0n) is 10.1. The standard InChI is InChI=1S/C13H15N3OS/c1-2-8-14-12(17)16-13-15-11(9-18-13)10-6-4-3-5-7-10/h3-7,9H,2,8H2,1H3,(H2,14,15,16,17). The molecule has 2 rings (SSSR count). The second-order valence-electron chi connectivity index (χ2n) is 3.78. The first-order valence-corrected chi connectivity index (χ1v) is 6.73. The Hall–Kier alpha value is -1.88. The maximum Gasteiger partial charge on any atom is 0.321 e. The van der Waals surface area contributed by atoms with Crippen LogP contribution in [-0.2, 0) is 0 Å². The van der Waals surface area contributed by atoms with Gasteiger partial charge in [0.15, 0.2) is 5.13 Å². The first-order chi connectivity index (χ1) is 8.79. The number of thiazole rings is 1. The molecule has 18 heavy (non-hydrogen) atoms. The molecule has 0 saturated carbocycles. The number of carbonyl (C=O) groups excluding carboxylic acids is 1. The number of hydrogen-bond donors (Lipinski definition) is 2. The Morgan fingerprint density at radius 2 is 2.11 bits per heavy atom. The topological polar surface area (TPSA) is 54.0 Å². The number of aromatic nitrogens is 1. The second kappa shape index (κ2) is 6.16. The molecule has 4 nitrogen and oxygen atoms in total. The van der Waals surface area contributed by atoms with Gasteiger partial charge in [-0.25, -0.2) is 9.78 Å². The van der Waals surface area contributed by atoms with Crippen LogP contribution in [0.5, 0.6) is 0 Å². The van der Waals surface area contributed by atoms with Gasteiger partial charge in [-0.1, -0.05) is 37.3 Å². The van der Waals surface area contributed by atoms with E-state index in [1.54, 1.807) is 0 Å². The fourth-order valence-corrected chi connectivity index (χ4v) is 2.17. The summed E-state index contributed by atoms with van der Waals surface area (Å²) in [6.45, 7) is 2.68. The SMILES string of the molecule is CCCNC(=O)Nc1nc(-c2ccccc2)cs1. The van der Waals surface area contributed by atoms with Gasteiger partial charge in [0.1, 0.15) is 0 Å². The van der Waals surface area contributed by atoms with Gasteiger partial charge in [0.2, 0.25) is 0 Å². The van der Waals surface area contributed by atoms with Crippen molar-refractivity contribution < 1.29 is 4.79 Å². The van der Waals surface area contributed by atoms with E-state index in [0.29, 0.717) is 11.7 Å². The van der Waals surface area contributed by atoms with Crippen LogP contribution in [0.25, 0.3) is 11.3 Å². The number of hydrogen-bond acceptors (Lipinski definition) is 3. The lowest BCUT2D eigenvalue weighted by Crippen LogP contribution is -2.29. The van der Waals surface area contributed by atoms with E-state index >= 15 is 0 Å². The van der Waals surface area contributed by atoms with Crippen LogP contribution in [0.4, 0.5) is 9.93 Å². The molecule has 0 unspecified atom stereocenters. The van der Waals surface area contributed by atoms with Gasteiger partial charge in [-0.15, -0.1) is 11.3 Å². The quantitative estimate of drug-likeness (QED) is 0.886. The largest absolute Gasteiger partial charge is 0.338 e. The van der Waals surface area contributed by atoms with Crippen molar-refractivity contribution in [2.24, 2.45) is 0 Å². The van der Waals surface area contributed by atoms with Crippen LogP contribution in [0.2, 0.25) is 0 Å². The number of urea groups is 1. The van der Waals surface area contributed by atoms with Crippen molar-refractivity contribution in [3.05, 3.63) is 35.7 Å². The minimum atomic E-state index is -0.203. The van der Waals surface area contributed by atoms with Crippen LogP contribution in [0.15, 0.2) is 35.7 Å². The van der Waals surface area contributed by atoms with Gasteiger partial charge in [0, 0.05) is 17.5 Å². The molecular weight excluding hydrogens is 246 g/mol. The van der Waals surface area contributed by atoms with E-state index in [4.69, 9.17) is 0 Å². The van der Waals surface area contributed by atoms with E-state index in [2.05, 4.69) is 15.6 Å². The van der Waals surface area contributed by atoms with Gasteiger partial charge in [-0.05, 0) is 6.42 Å². The highest BCUT2D eigenvalue weighted by molar-refractivity contribution is 7.14. The summed E-state index contributed by atoms with van der Waals surface area (Å²) in [6.07, 6.45) is 0.917. The number of benzene rings is 1. The lowest BCUT2D eigenvalue weighted by atomic mass is 10.2. The summed E-state index contributed by atoms with van der Waals surface area (Å²) >= 11 is 1.42. The lowest BCUT2D eigenvalue weighted by Gasteiger charge is -2.02. The smallest absolute Gasteiger partial charge is 0.321 e. The van der Waals surface area contributed by atoms with Gasteiger partial charge >= 0.3 is 6.03 Å². The molecule has 0 aliphatic rings. The number of carbonyl (C=O) groups is 1. The second-order valence-corrected chi connectivity index (χ2v) is 4.64. The Labute approximate surface area is 110 Å². The average Bonchev–Trinajstić information content (AvgIpc) is 2.86. The summed E-state index contributed by atoms with van der Waals surface area (Å²) in [5.41, 5.74) is 1.93. The van der Waals surface area contributed by atoms with E-state index in [1.165, 1.54) is 11.3 Å².